The number of H-pyrrole nitrogens is 1. The van der Waals surface area contributed by atoms with E-state index in [0.29, 0.717) is 0 Å². The van der Waals surface area contributed by atoms with E-state index in [1.807, 2.05) is 19.2 Å². The van der Waals surface area contributed by atoms with Crippen LogP contribution in [0.25, 0.3) is 21.8 Å². The van der Waals surface area contributed by atoms with Crippen molar-refractivity contribution in [3.8, 4) is 0 Å². The van der Waals surface area contributed by atoms with Gasteiger partial charge < -0.3 is 4.98 Å². The maximum atomic E-state index is 4.27. The van der Waals surface area contributed by atoms with Crippen molar-refractivity contribution in [2.75, 3.05) is 0 Å². The van der Waals surface area contributed by atoms with E-state index in [0.717, 1.165) is 11.2 Å². The van der Waals surface area contributed by atoms with E-state index in [9.17, 15) is 0 Å². The Bertz CT molecular complexity index is 613. The molecule has 15 heavy (non-hydrogen) atoms. The fourth-order valence-corrected chi connectivity index (χ4v) is 1.91. The molecule has 3 rings (SSSR count). The quantitative estimate of drug-likeness (QED) is 0.633. The number of pyridine rings is 1. The van der Waals surface area contributed by atoms with Gasteiger partial charge in [-0.2, -0.15) is 0 Å². The van der Waals surface area contributed by atoms with E-state index in [4.69, 9.17) is 0 Å². The smallest absolute Gasteiger partial charge is 0.0681 e. The monoisotopic (exact) mass is 289 g/mol. The Morgan fingerprint density at radius 2 is 1.87 bits per heavy atom. The van der Waals surface area contributed by atoms with E-state index < -0.39 is 0 Å². The van der Waals surface area contributed by atoms with Crippen LogP contribution in [-0.4, -0.2) is 9.97 Å². The van der Waals surface area contributed by atoms with Crippen molar-refractivity contribution >= 4 is 21.8 Å². The van der Waals surface area contributed by atoms with Crippen LogP contribution in [0.5, 0.6) is 0 Å². The van der Waals surface area contributed by atoms with Crippen LogP contribution < -0.4 is 0 Å². The summed E-state index contributed by atoms with van der Waals surface area (Å²) in [6.07, 6.45) is 1.86. The molecule has 0 saturated heterocycles. The molecule has 1 radical (unpaired) electrons. The first-order chi connectivity index (χ1) is 6.86. The van der Waals surface area contributed by atoms with Gasteiger partial charge in [-0.3, -0.25) is 4.98 Å². The van der Waals surface area contributed by atoms with Crippen LogP contribution in [0.4, 0.5) is 0 Å². The Kier molecular flexibility index (Phi) is 2.65. The third kappa shape index (κ3) is 1.51. The normalized spacial score (nSPS) is 10.5. The summed E-state index contributed by atoms with van der Waals surface area (Å²) >= 11 is 0. The van der Waals surface area contributed by atoms with Crippen LogP contribution in [0.15, 0.2) is 36.5 Å². The van der Waals surface area contributed by atoms with E-state index in [2.05, 4.69) is 34.2 Å². The molecule has 0 aliphatic carbocycles. The van der Waals surface area contributed by atoms with Crippen molar-refractivity contribution < 1.29 is 22.4 Å². The van der Waals surface area contributed by atoms with Gasteiger partial charge in [0.1, 0.15) is 0 Å². The number of para-hydroxylation sites is 1. The van der Waals surface area contributed by atoms with Gasteiger partial charge in [-0.05, 0) is 19.1 Å². The SMILES string of the molecule is Cc1nccc2c1[nH]c1ccccc12.[Ag]. The van der Waals surface area contributed by atoms with Gasteiger partial charge in [-0.15, -0.1) is 0 Å². The van der Waals surface area contributed by atoms with E-state index in [-0.39, 0.29) is 22.4 Å². The molecule has 1 N–H and O–H groups in total. The molecule has 0 atom stereocenters. The van der Waals surface area contributed by atoms with Gasteiger partial charge in [0.25, 0.3) is 0 Å². The molecule has 3 heteroatoms. The van der Waals surface area contributed by atoms with Gasteiger partial charge in [0.15, 0.2) is 0 Å². The first kappa shape index (κ1) is 10.4. The van der Waals surface area contributed by atoms with Gasteiger partial charge in [0.05, 0.1) is 11.2 Å². The number of hydrogen-bond donors (Lipinski definition) is 1. The first-order valence-corrected chi connectivity index (χ1v) is 4.68. The molecule has 0 spiro atoms. The Morgan fingerprint density at radius 3 is 2.73 bits per heavy atom. The van der Waals surface area contributed by atoms with Crippen molar-refractivity contribution in [1.29, 1.82) is 0 Å². The maximum absolute atomic E-state index is 4.27. The zero-order chi connectivity index (χ0) is 9.54. The summed E-state index contributed by atoms with van der Waals surface area (Å²) in [5.74, 6) is 0. The zero-order valence-corrected chi connectivity index (χ0v) is 9.70. The van der Waals surface area contributed by atoms with Crippen LogP contribution in [0, 0.1) is 6.92 Å². The summed E-state index contributed by atoms with van der Waals surface area (Å²) in [4.78, 5) is 7.66. The summed E-state index contributed by atoms with van der Waals surface area (Å²) in [7, 11) is 0. The average Bonchev–Trinajstić information content (AvgIpc) is 2.59. The molecule has 0 aliphatic rings. The molecule has 0 fully saturated rings. The van der Waals surface area contributed by atoms with Crippen LogP contribution in [0.1, 0.15) is 5.69 Å². The molecular formula is C12H10AgN2. The molecule has 0 saturated carbocycles. The molecule has 79 valence electrons. The summed E-state index contributed by atoms with van der Waals surface area (Å²) < 4.78 is 0. The van der Waals surface area contributed by atoms with Crippen molar-refractivity contribution in [1.82, 2.24) is 9.97 Å². The van der Waals surface area contributed by atoms with Crippen molar-refractivity contribution in [2.24, 2.45) is 0 Å². The fourth-order valence-electron chi connectivity index (χ4n) is 1.91. The minimum atomic E-state index is 0. The van der Waals surface area contributed by atoms with Crippen molar-refractivity contribution in [3.05, 3.63) is 42.2 Å². The second kappa shape index (κ2) is 3.81. The summed E-state index contributed by atoms with van der Waals surface area (Å²) in [6.45, 7) is 2.03. The predicted molar refractivity (Wildman–Crippen MR) is 58.3 cm³/mol. The van der Waals surface area contributed by atoms with Crippen LogP contribution in [-0.2, 0) is 22.4 Å². The number of nitrogens with one attached hydrogen (secondary N) is 1. The standard InChI is InChI=1S/C12H10N2.Ag/c1-8-12-10(6-7-13-8)9-4-2-3-5-11(9)14-12;/h2-7,14H,1H3;. The third-order valence-electron chi connectivity index (χ3n) is 2.62. The van der Waals surface area contributed by atoms with E-state index in [1.165, 1.54) is 16.3 Å². The topological polar surface area (TPSA) is 28.7 Å². The van der Waals surface area contributed by atoms with E-state index in [1.54, 1.807) is 0 Å². The molecule has 2 heterocycles. The molecule has 2 nitrogen and oxygen atoms in total. The molecule has 1 aromatic carbocycles. The molecule has 2 aromatic heterocycles. The van der Waals surface area contributed by atoms with Crippen LogP contribution >= 0.6 is 0 Å². The van der Waals surface area contributed by atoms with Crippen molar-refractivity contribution in [3.63, 3.8) is 0 Å². The average molecular weight is 290 g/mol. The Balaban J connectivity index is 0.000000853. The summed E-state index contributed by atoms with van der Waals surface area (Å²) in [5.41, 5.74) is 3.38. The molecule has 3 aromatic rings. The van der Waals surface area contributed by atoms with E-state index >= 15 is 0 Å². The summed E-state index contributed by atoms with van der Waals surface area (Å²) in [5, 5.41) is 2.53. The summed E-state index contributed by atoms with van der Waals surface area (Å²) in [6, 6.07) is 10.4. The second-order valence-corrected chi connectivity index (χ2v) is 3.49. The number of benzene rings is 1. The van der Waals surface area contributed by atoms with Gasteiger partial charge >= 0.3 is 0 Å². The van der Waals surface area contributed by atoms with Crippen LogP contribution in [0.2, 0.25) is 0 Å². The minimum absolute atomic E-state index is 0. The largest absolute Gasteiger partial charge is 0.353 e. The second-order valence-electron chi connectivity index (χ2n) is 3.49. The fraction of sp³-hybridized carbons (Fsp3) is 0.0833. The Morgan fingerprint density at radius 1 is 1.07 bits per heavy atom. The third-order valence-corrected chi connectivity index (χ3v) is 2.62. The molecular weight excluding hydrogens is 280 g/mol. The number of aryl methyl sites for hydroxylation is 1. The predicted octanol–water partition coefficient (Wildman–Crippen LogP) is 3.02. The number of nitrogens with zero attached hydrogens (tertiary/aromatic N) is 1. The van der Waals surface area contributed by atoms with Crippen LogP contribution in [0.3, 0.4) is 0 Å². The number of aromatic amines is 1. The Hall–Kier alpha value is -1.09. The molecule has 0 unspecified atom stereocenters. The van der Waals surface area contributed by atoms with Gasteiger partial charge in [-0.1, -0.05) is 18.2 Å². The molecule has 0 amide bonds. The minimum Gasteiger partial charge on any atom is -0.353 e. The zero-order valence-electron chi connectivity index (χ0n) is 8.21. The maximum Gasteiger partial charge on any atom is 0.0681 e. The molecule has 0 aliphatic heterocycles. The van der Waals surface area contributed by atoms with Gasteiger partial charge in [-0.25, -0.2) is 0 Å². The first-order valence-electron chi connectivity index (χ1n) is 4.68. The van der Waals surface area contributed by atoms with Gasteiger partial charge in [0, 0.05) is 44.9 Å². The number of hydrogen-bond acceptors (Lipinski definition) is 1. The number of aromatic nitrogens is 2. The number of fused-ring (bicyclic) bond motifs is 3. The molecule has 0 bridgehead atoms. The Labute approximate surface area is 103 Å². The number of rotatable bonds is 0. The van der Waals surface area contributed by atoms with Crippen molar-refractivity contribution in [2.45, 2.75) is 6.92 Å². The van der Waals surface area contributed by atoms with Gasteiger partial charge in [0.2, 0.25) is 0 Å².